The minimum absolute atomic E-state index is 0.0972. The third-order valence-corrected chi connectivity index (χ3v) is 3.36. The maximum Gasteiger partial charge on any atom is 0.330 e. The van der Waals surface area contributed by atoms with Crippen molar-refractivity contribution in [3.63, 3.8) is 0 Å². The summed E-state index contributed by atoms with van der Waals surface area (Å²) in [5.74, 6) is -1.16. The quantitative estimate of drug-likeness (QED) is 0.246. The smallest absolute Gasteiger partial charge is 0.330 e. The lowest BCUT2D eigenvalue weighted by Crippen LogP contribution is -2.17. The molecule has 1 rings (SSSR count). The SMILES string of the molecule is C=CC(=O)OC1(CCC)CC1.C=CC(=O)OCCCCOC(=O)C=C. The summed E-state index contributed by atoms with van der Waals surface area (Å²) in [5.41, 5.74) is -0.0972. The summed E-state index contributed by atoms with van der Waals surface area (Å²) in [6, 6.07) is 0. The van der Waals surface area contributed by atoms with E-state index in [1.807, 2.05) is 0 Å². The topological polar surface area (TPSA) is 78.9 Å². The molecule has 0 saturated heterocycles. The first-order chi connectivity index (χ1) is 11.9. The zero-order valence-electron chi connectivity index (χ0n) is 15.0. The molecule has 140 valence electrons. The monoisotopic (exact) mass is 352 g/mol. The van der Waals surface area contributed by atoms with Gasteiger partial charge in [-0.05, 0) is 32.1 Å². The van der Waals surface area contributed by atoms with Crippen LogP contribution in [-0.4, -0.2) is 36.7 Å². The van der Waals surface area contributed by atoms with Crippen molar-refractivity contribution in [2.24, 2.45) is 0 Å². The molecule has 25 heavy (non-hydrogen) atoms. The second-order valence-electron chi connectivity index (χ2n) is 5.51. The van der Waals surface area contributed by atoms with Crippen molar-refractivity contribution in [2.45, 2.75) is 51.0 Å². The minimum atomic E-state index is -0.437. The minimum Gasteiger partial charge on any atom is -0.463 e. The highest BCUT2D eigenvalue weighted by Gasteiger charge is 2.45. The van der Waals surface area contributed by atoms with E-state index in [4.69, 9.17) is 14.2 Å². The van der Waals surface area contributed by atoms with Crippen LogP contribution in [0.4, 0.5) is 0 Å². The second kappa shape index (κ2) is 13.0. The highest BCUT2D eigenvalue weighted by molar-refractivity contribution is 5.82. The van der Waals surface area contributed by atoms with Crippen molar-refractivity contribution in [3.8, 4) is 0 Å². The van der Waals surface area contributed by atoms with Crippen LogP contribution >= 0.6 is 0 Å². The highest BCUT2D eigenvalue weighted by Crippen LogP contribution is 2.43. The van der Waals surface area contributed by atoms with Gasteiger partial charge in [-0.25, -0.2) is 14.4 Å². The molecule has 0 amide bonds. The van der Waals surface area contributed by atoms with Crippen LogP contribution in [0.3, 0.4) is 0 Å². The normalized spacial score (nSPS) is 13.3. The summed E-state index contributed by atoms with van der Waals surface area (Å²) in [5, 5.41) is 0. The predicted molar refractivity (Wildman–Crippen MR) is 94.7 cm³/mol. The first-order valence-electron chi connectivity index (χ1n) is 8.36. The van der Waals surface area contributed by atoms with E-state index in [1.54, 1.807) is 0 Å². The molecule has 0 atom stereocenters. The number of carbonyl (C=O) groups excluding carboxylic acids is 3. The van der Waals surface area contributed by atoms with Crippen molar-refractivity contribution < 1.29 is 28.6 Å². The molecule has 0 aromatic carbocycles. The van der Waals surface area contributed by atoms with Crippen molar-refractivity contribution in [1.29, 1.82) is 0 Å². The van der Waals surface area contributed by atoms with Crippen LogP contribution < -0.4 is 0 Å². The number of hydrogen-bond acceptors (Lipinski definition) is 6. The molecule has 0 aromatic rings. The average Bonchev–Trinajstić information content (AvgIpc) is 3.37. The van der Waals surface area contributed by atoms with Crippen LogP contribution in [0.15, 0.2) is 38.0 Å². The van der Waals surface area contributed by atoms with Crippen LogP contribution in [0, 0.1) is 0 Å². The lowest BCUT2D eigenvalue weighted by molar-refractivity contribution is -0.145. The summed E-state index contributed by atoms with van der Waals surface area (Å²) >= 11 is 0. The number of esters is 3. The van der Waals surface area contributed by atoms with Gasteiger partial charge in [0.25, 0.3) is 0 Å². The van der Waals surface area contributed by atoms with E-state index in [0.717, 1.165) is 37.8 Å². The van der Waals surface area contributed by atoms with Gasteiger partial charge in [0.2, 0.25) is 0 Å². The Morgan fingerprint density at radius 2 is 1.32 bits per heavy atom. The molecular formula is C19H28O6. The van der Waals surface area contributed by atoms with Gasteiger partial charge in [0, 0.05) is 18.2 Å². The zero-order valence-corrected chi connectivity index (χ0v) is 15.0. The van der Waals surface area contributed by atoms with Gasteiger partial charge in [-0.2, -0.15) is 0 Å². The molecule has 1 aliphatic carbocycles. The number of ether oxygens (including phenoxy) is 3. The molecule has 0 unspecified atom stereocenters. The summed E-state index contributed by atoms with van der Waals surface area (Å²) in [7, 11) is 0. The fourth-order valence-electron chi connectivity index (χ4n) is 1.92. The fourth-order valence-corrected chi connectivity index (χ4v) is 1.92. The van der Waals surface area contributed by atoms with Crippen LogP contribution in [0.25, 0.3) is 0 Å². The van der Waals surface area contributed by atoms with Crippen molar-refractivity contribution >= 4 is 17.9 Å². The molecule has 6 nitrogen and oxygen atoms in total. The predicted octanol–water partition coefficient (Wildman–Crippen LogP) is 3.27. The Hall–Kier alpha value is -2.37. The molecule has 0 N–H and O–H groups in total. The Bertz CT molecular complexity index is 452. The van der Waals surface area contributed by atoms with Crippen molar-refractivity contribution in [1.82, 2.24) is 0 Å². The highest BCUT2D eigenvalue weighted by atomic mass is 16.6. The third-order valence-electron chi connectivity index (χ3n) is 3.36. The van der Waals surface area contributed by atoms with Crippen molar-refractivity contribution in [3.05, 3.63) is 38.0 Å². The maximum atomic E-state index is 10.8. The van der Waals surface area contributed by atoms with Crippen LogP contribution in [0.2, 0.25) is 0 Å². The van der Waals surface area contributed by atoms with E-state index < -0.39 is 11.9 Å². The molecule has 0 spiro atoms. The Labute approximate surface area is 149 Å². The molecular weight excluding hydrogens is 324 g/mol. The lowest BCUT2D eigenvalue weighted by atomic mass is 10.2. The lowest BCUT2D eigenvalue weighted by Gasteiger charge is -2.13. The van der Waals surface area contributed by atoms with E-state index in [-0.39, 0.29) is 11.6 Å². The maximum absolute atomic E-state index is 10.8. The van der Waals surface area contributed by atoms with E-state index in [9.17, 15) is 14.4 Å². The fraction of sp³-hybridized carbons (Fsp3) is 0.526. The zero-order chi connectivity index (χ0) is 19.1. The Kier molecular flexibility index (Phi) is 11.8. The molecule has 1 aliphatic rings. The number of hydrogen-bond donors (Lipinski definition) is 0. The summed E-state index contributed by atoms with van der Waals surface area (Å²) in [4.78, 5) is 31.9. The Morgan fingerprint density at radius 1 is 0.880 bits per heavy atom. The first kappa shape index (κ1) is 22.6. The van der Waals surface area contributed by atoms with Crippen LogP contribution in [0.1, 0.15) is 45.4 Å². The van der Waals surface area contributed by atoms with Gasteiger partial charge in [0.1, 0.15) is 5.60 Å². The van der Waals surface area contributed by atoms with Gasteiger partial charge in [-0.3, -0.25) is 0 Å². The first-order valence-corrected chi connectivity index (χ1v) is 8.36. The molecule has 0 heterocycles. The average molecular weight is 352 g/mol. The molecule has 0 radical (unpaired) electrons. The number of rotatable bonds is 11. The molecule has 0 aromatic heterocycles. The van der Waals surface area contributed by atoms with Crippen LogP contribution in [0.5, 0.6) is 0 Å². The van der Waals surface area contributed by atoms with Gasteiger partial charge < -0.3 is 14.2 Å². The molecule has 1 saturated carbocycles. The Balaban J connectivity index is 0.000000472. The van der Waals surface area contributed by atoms with Crippen LogP contribution in [-0.2, 0) is 28.6 Å². The Morgan fingerprint density at radius 3 is 1.64 bits per heavy atom. The summed E-state index contributed by atoms with van der Waals surface area (Å²) < 4.78 is 14.6. The van der Waals surface area contributed by atoms with Gasteiger partial charge in [0.05, 0.1) is 13.2 Å². The largest absolute Gasteiger partial charge is 0.463 e. The van der Waals surface area contributed by atoms with E-state index in [1.165, 1.54) is 6.08 Å². The number of carbonyl (C=O) groups is 3. The van der Waals surface area contributed by atoms with E-state index in [0.29, 0.717) is 26.1 Å². The van der Waals surface area contributed by atoms with E-state index >= 15 is 0 Å². The van der Waals surface area contributed by atoms with Gasteiger partial charge in [0.15, 0.2) is 0 Å². The second-order valence-corrected chi connectivity index (χ2v) is 5.51. The number of unbranched alkanes of at least 4 members (excludes halogenated alkanes) is 1. The van der Waals surface area contributed by atoms with Gasteiger partial charge >= 0.3 is 17.9 Å². The molecule has 1 fully saturated rings. The van der Waals surface area contributed by atoms with E-state index in [2.05, 4.69) is 26.7 Å². The van der Waals surface area contributed by atoms with Crippen molar-refractivity contribution in [2.75, 3.05) is 13.2 Å². The summed E-state index contributed by atoms with van der Waals surface area (Å²) in [6.07, 6.45) is 8.89. The standard InChI is InChI=1S/C10H14O4.C9H14O2/c1-3-9(11)13-7-5-6-8-14-10(12)4-2;1-3-5-9(6-7-9)11-8(10)4-2/h3-4H,1-2,5-8H2;4H,2-3,5-7H2,1H3. The molecule has 0 aliphatic heterocycles. The summed E-state index contributed by atoms with van der Waals surface area (Å²) in [6.45, 7) is 12.6. The van der Waals surface area contributed by atoms with Gasteiger partial charge in [-0.1, -0.05) is 33.1 Å². The third kappa shape index (κ3) is 11.8. The molecule has 0 bridgehead atoms. The van der Waals surface area contributed by atoms with Gasteiger partial charge in [-0.15, -0.1) is 0 Å². The molecule has 6 heteroatoms.